The molecule has 1 aromatic carbocycles. The first-order valence-corrected chi connectivity index (χ1v) is 5.89. The molecule has 0 saturated carbocycles. The van der Waals surface area contributed by atoms with Crippen molar-refractivity contribution < 1.29 is 14.2 Å². The molecule has 1 heterocycles. The van der Waals surface area contributed by atoms with E-state index < -0.39 is 0 Å². The number of hydrogen-bond donors (Lipinski definition) is 1. The van der Waals surface area contributed by atoms with Crippen LogP contribution in [-0.2, 0) is 11.3 Å². The first-order valence-electron chi connectivity index (χ1n) is 5.89. The van der Waals surface area contributed by atoms with Crippen LogP contribution >= 0.6 is 0 Å². The van der Waals surface area contributed by atoms with Crippen LogP contribution in [0, 0.1) is 5.82 Å². The van der Waals surface area contributed by atoms with Gasteiger partial charge >= 0.3 is 0 Å². The van der Waals surface area contributed by atoms with Gasteiger partial charge in [-0.05, 0) is 37.6 Å². The summed E-state index contributed by atoms with van der Waals surface area (Å²) < 4.78 is 19.0. The maximum atomic E-state index is 13.4. The number of benzene rings is 1. The van der Waals surface area contributed by atoms with E-state index in [1.54, 1.807) is 0 Å². The molecule has 0 aliphatic carbocycles. The molecule has 0 radical (unpaired) electrons. The molecule has 1 saturated heterocycles. The summed E-state index contributed by atoms with van der Waals surface area (Å²) in [4.78, 5) is 2.10. The molecule has 3 nitrogen and oxygen atoms in total. The van der Waals surface area contributed by atoms with E-state index in [-0.39, 0.29) is 24.6 Å². The van der Waals surface area contributed by atoms with Crippen molar-refractivity contribution in [2.45, 2.75) is 32.7 Å². The Kier molecular flexibility index (Phi) is 3.64. The van der Waals surface area contributed by atoms with Gasteiger partial charge in [-0.15, -0.1) is 0 Å². The van der Waals surface area contributed by atoms with Crippen molar-refractivity contribution in [3.63, 3.8) is 0 Å². The van der Waals surface area contributed by atoms with Gasteiger partial charge in [-0.1, -0.05) is 0 Å². The normalized spacial score (nSPS) is 25.1. The minimum Gasteiger partial charge on any atom is -0.392 e. The lowest BCUT2D eigenvalue weighted by molar-refractivity contribution is -0.00524. The fourth-order valence-electron chi connectivity index (χ4n) is 2.30. The molecule has 4 heteroatoms. The average Bonchev–Trinajstić information content (AvgIpc) is 2.26. The van der Waals surface area contributed by atoms with Gasteiger partial charge in [0.25, 0.3) is 0 Å². The van der Waals surface area contributed by atoms with E-state index in [9.17, 15) is 4.39 Å². The SMILES string of the molecule is CC1CN(c2cc(F)cc(CO)c2)CC(C)O1. The van der Waals surface area contributed by atoms with E-state index in [1.165, 1.54) is 12.1 Å². The summed E-state index contributed by atoms with van der Waals surface area (Å²) >= 11 is 0. The van der Waals surface area contributed by atoms with Crippen LogP contribution < -0.4 is 4.90 Å². The quantitative estimate of drug-likeness (QED) is 0.856. The summed E-state index contributed by atoms with van der Waals surface area (Å²) in [5.74, 6) is -0.307. The maximum absolute atomic E-state index is 13.4. The highest BCUT2D eigenvalue weighted by molar-refractivity contribution is 5.49. The molecule has 0 spiro atoms. The third-order valence-corrected chi connectivity index (χ3v) is 2.91. The molecule has 0 amide bonds. The van der Waals surface area contributed by atoms with E-state index >= 15 is 0 Å². The molecule has 2 atom stereocenters. The second kappa shape index (κ2) is 5.02. The van der Waals surface area contributed by atoms with Gasteiger partial charge in [-0.3, -0.25) is 0 Å². The molecule has 0 bridgehead atoms. The Labute approximate surface area is 101 Å². The summed E-state index contributed by atoms with van der Waals surface area (Å²) in [6, 6.07) is 4.69. The van der Waals surface area contributed by atoms with Crippen molar-refractivity contribution in [1.82, 2.24) is 0 Å². The number of rotatable bonds is 2. The lowest BCUT2D eigenvalue weighted by Gasteiger charge is -2.37. The Bertz CT molecular complexity index is 387. The Morgan fingerprint density at radius 2 is 1.94 bits per heavy atom. The van der Waals surface area contributed by atoms with Crippen LogP contribution in [0.4, 0.5) is 10.1 Å². The molecular formula is C13H18FNO2. The summed E-state index contributed by atoms with van der Waals surface area (Å²) in [5, 5.41) is 9.08. The minimum atomic E-state index is -0.307. The van der Waals surface area contributed by atoms with E-state index in [0.29, 0.717) is 5.56 Å². The van der Waals surface area contributed by atoms with Gasteiger partial charge in [0.1, 0.15) is 5.82 Å². The van der Waals surface area contributed by atoms with Gasteiger partial charge in [0.15, 0.2) is 0 Å². The molecule has 1 N–H and O–H groups in total. The highest BCUT2D eigenvalue weighted by atomic mass is 19.1. The monoisotopic (exact) mass is 239 g/mol. The van der Waals surface area contributed by atoms with Crippen molar-refractivity contribution in [2.75, 3.05) is 18.0 Å². The van der Waals surface area contributed by atoms with Crippen LogP contribution in [-0.4, -0.2) is 30.4 Å². The number of halogens is 1. The molecule has 94 valence electrons. The van der Waals surface area contributed by atoms with Gasteiger partial charge in [-0.25, -0.2) is 4.39 Å². The predicted molar refractivity (Wildman–Crippen MR) is 64.5 cm³/mol. The molecule has 1 fully saturated rings. The van der Waals surface area contributed by atoms with Crippen LogP contribution in [0.5, 0.6) is 0 Å². The Morgan fingerprint density at radius 1 is 1.29 bits per heavy atom. The lowest BCUT2D eigenvalue weighted by Crippen LogP contribution is -2.45. The second-order valence-corrected chi connectivity index (χ2v) is 4.64. The number of aliphatic hydroxyl groups is 1. The molecule has 1 aliphatic rings. The minimum absolute atomic E-state index is 0.139. The molecule has 2 unspecified atom stereocenters. The molecule has 1 aromatic rings. The Balaban J connectivity index is 2.23. The van der Waals surface area contributed by atoms with Crippen LogP contribution in [0.25, 0.3) is 0 Å². The van der Waals surface area contributed by atoms with E-state index in [0.717, 1.165) is 18.8 Å². The van der Waals surface area contributed by atoms with E-state index in [4.69, 9.17) is 9.84 Å². The number of ether oxygens (including phenoxy) is 1. The van der Waals surface area contributed by atoms with Gasteiger partial charge in [0.05, 0.1) is 18.8 Å². The highest BCUT2D eigenvalue weighted by Crippen LogP contribution is 2.23. The molecule has 0 aromatic heterocycles. The number of anilines is 1. The fraction of sp³-hybridized carbons (Fsp3) is 0.538. The topological polar surface area (TPSA) is 32.7 Å². The van der Waals surface area contributed by atoms with Crippen molar-refractivity contribution in [2.24, 2.45) is 0 Å². The zero-order valence-electron chi connectivity index (χ0n) is 10.2. The van der Waals surface area contributed by atoms with Gasteiger partial charge in [0.2, 0.25) is 0 Å². The third-order valence-electron chi connectivity index (χ3n) is 2.91. The second-order valence-electron chi connectivity index (χ2n) is 4.64. The highest BCUT2D eigenvalue weighted by Gasteiger charge is 2.22. The van der Waals surface area contributed by atoms with E-state index in [2.05, 4.69) is 4.90 Å². The maximum Gasteiger partial charge on any atom is 0.125 e. The first-order chi connectivity index (χ1) is 8.08. The van der Waals surface area contributed by atoms with Crippen molar-refractivity contribution in [1.29, 1.82) is 0 Å². The average molecular weight is 239 g/mol. The fourth-order valence-corrected chi connectivity index (χ4v) is 2.30. The molecular weight excluding hydrogens is 221 g/mol. The molecule has 1 aliphatic heterocycles. The molecule has 2 rings (SSSR count). The first kappa shape index (κ1) is 12.3. The van der Waals surface area contributed by atoms with Gasteiger partial charge in [0, 0.05) is 18.8 Å². The smallest absolute Gasteiger partial charge is 0.125 e. The summed E-state index contributed by atoms with van der Waals surface area (Å²) in [6.45, 7) is 5.38. The van der Waals surface area contributed by atoms with Crippen LogP contribution in [0.15, 0.2) is 18.2 Å². The third kappa shape index (κ3) is 2.96. The van der Waals surface area contributed by atoms with Crippen molar-refractivity contribution in [3.05, 3.63) is 29.6 Å². The zero-order chi connectivity index (χ0) is 12.4. The predicted octanol–water partition coefficient (Wildman–Crippen LogP) is 1.93. The number of morpholine rings is 1. The number of hydrogen-bond acceptors (Lipinski definition) is 3. The van der Waals surface area contributed by atoms with Crippen LogP contribution in [0.3, 0.4) is 0 Å². The van der Waals surface area contributed by atoms with Crippen LogP contribution in [0.1, 0.15) is 19.4 Å². The van der Waals surface area contributed by atoms with E-state index in [1.807, 2.05) is 19.9 Å². The van der Waals surface area contributed by atoms with Crippen molar-refractivity contribution in [3.8, 4) is 0 Å². The number of aliphatic hydroxyl groups excluding tert-OH is 1. The van der Waals surface area contributed by atoms with Gasteiger partial charge < -0.3 is 14.7 Å². The standard InChI is InChI=1S/C13H18FNO2/c1-9-6-15(7-10(2)17-9)13-4-11(8-16)3-12(14)5-13/h3-5,9-10,16H,6-8H2,1-2H3. The summed E-state index contributed by atoms with van der Waals surface area (Å²) in [6.07, 6.45) is 0.277. The van der Waals surface area contributed by atoms with Gasteiger partial charge in [-0.2, -0.15) is 0 Å². The zero-order valence-corrected chi connectivity index (χ0v) is 10.2. The summed E-state index contributed by atoms with van der Waals surface area (Å²) in [7, 11) is 0. The summed E-state index contributed by atoms with van der Waals surface area (Å²) in [5.41, 5.74) is 1.42. The Morgan fingerprint density at radius 3 is 2.53 bits per heavy atom. The Hall–Kier alpha value is -1.13. The van der Waals surface area contributed by atoms with Crippen molar-refractivity contribution >= 4 is 5.69 Å². The number of nitrogens with zero attached hydrogens (tertiary/aromatic N) is 1. The molecule has 17 heavy (non-hydrogen) atoms. The van der Waals surface area contributed by atoms with Crippen LogP contribution in [0.2, 0.25) is 0 Å². The largest absolute Gasteiger partial charge is 0.392 e. The lowest BCUT2D eigenvalue weighted by atomic mass is 10.1.